The van der Waals surface area contributed by atoms with Crippen LogP contribution in [0, 0.1) is 23.2 Å². The molecule has 0 radical (unpaired) electrons. The van der Waals surface area contributed by atoms with Crippen LogP contribution in [-0.4, -0.2) is 66.1 Å². The Morgan fingerprint density at radius 3 is 1.62 bits per heavy atom. The molecule has 0 N–H and O–H groups in total. The third-order valence-corrected chi connectivity index (χ3v) is 8.99. The molecule has 5 rings (SSSR count). The smallest absolute Gasteiger partial charge is 0.227 e. The highest BCUT2D eigenvalue weighted by molar-refractivity contribution is 5.81. The van der Waals surface area contributed by atoms with E-state index in [2.05, 4.69) is 87.6 Å². The Morgan fingerprint density at radius 1 is 0.681 bits per heavy atom. The Kier molecular flexibility index (Phi) is 14.3. The molecule has 270 valence electrons. The minimum absolute atomic E-state index is 0.0187. The van der Waals surface area contributed by atoms with E-state index in [9.17, 15) is 4.79 Å². The van der Waals surface area contributed by atoms with Gasteiger partial charge in [-0.1, -0.05) is 58.9 Å². The Hall–Kier alpha value is -2.29. The maximum Gasteiger partial charge on any atom is 0.227 e. The molecule has 1 aliphatic heterocycles. The van der Waals surface area contributed by atoms with Crippen LogP contribution < -0.4 is 0 Å². The van der Waals surface area contributed by atoms with Gasteiger partial charge in [-0.05, 0) is 119 Å². The van der Waals surface area contributed by atoms with Crippen LogP contribution in [0.5, 0.6) is 0 Å². The predicted octanol–water partition coefficient (Wildman–Crippen LogP) is 8.04. The second-order valence-corrected chi connectivity index (χ2v) is 17.0. The highest BCUT2D eigenvalue weighted by Gasteiger charge is 2.50. The van der Waals surface area contributed by atoms with Crippen molar-refractivity contribution < 1.29 is 9.53 Å². The average molecular weight is 658 g/mol. The number of fused-ring (bicyclic) bond motifs is 3. The third-order valence-electron chi connectivity index (χ3n) is 8.99. The van der Waals surface area contributed by atoms with Crippen molar-refractivity contribution in [3.05, 3.63) is 22.8 Å². The molecule has 9 nitrogen and oxygen atoms in total. The molecule has 0 saturated heterocycles. The van der Waals surface area contributed by atoms with Gasteiger partial charge in [0.25, 0.3) is 0 Å². The first-order valence-electron chi connectivity index (χ1n) is 18.6. The van der Waals surface area contributed by atoms with Gasteiger partial charge in [-0.3, -0.25) is 4.79 Å². The summed E-state index contributed by atoms with van der Waals surface area (Å²) in [6.45, 7) is 36.0. The number of rotatable bonds is 2. The lowest BCUT2D eigenvalue weighted by molar-refractivity contribution is -0.139. The van der Waals surface area contributed by atoms with Gasteiger partial charge < -0.3 is 9.64 Å². The van der Waals surface area contributed by atoms with Crippen molar-refractivity contribution in [1.29, 1.82) is 0 Å². The Bertz CT molecular complexity index is 1250. The van der Waals surface area contributed by atoms with E-state index in [4.69, 9.17) is 4.74 Å². The Morgan fingerprint density at radius 2 is 1.15 bits per heavy atom. The third kappa shape index (κ3) is 11.1. The summed E-state index contributed by atoms with van der Waals surface area (Å²) in [5, 5.41) is 17.6. The number of aryl methyl sites for hydroxylation is 1. The number of ether oxygens (including phenoxy) is 1. The topological polar surface area (TPSA) is 91.0 Å². The number of carbonyl (C=O) groups is 1. The van der Waals surface area contributed by atoms with Crippen LogP contribution >= 0.6 is 0 Å². The highest BCUT2D eigenvalue weighted by atomic mass is 16.5. The fraction of sp³-hybridized carbons (Fsp3) is 0.868. The Balaban J connectivity index is 0.000000296. The van der Waals surface area contributed by atoms with E-state index in [0.717, 1.165) is 75.2 Å². The van der Waals surface area contributed by atoms with Crippen molar-refractivity contribution in [3.63, 3.8) is 0 Å². The fourth-order valence-electron chi connectivity index (χ4n) is 6.68. The summed E-state index contributed by atoms with van der Waals surface area (Å²) in [7, 11) is 0. The summed E-state index contributed by atoms with van der Waals surface area (Å²) in [6.07, 6.45) is 7.42. The molecule has 2 aromatic rings. The first-order valence-corrected chi connectivity index (χ1v) is 18.6. The molecule has 2 aromatic heterocycles. The molecular weight excluding hydrogens is 586 g/mol. The molecule has 9 heteroatoms. The number of nitrogens with zero attached hydrogens (tertiary/aromatic N) is 7. The average Bonchev–Trinajstić information content (AvgIpc) is 3.22. The summed E-state index contributed by atoms with van der Waals surface area (Å²) in [6, 6.07) is 0. The van der Waals surface area contributed by atoms with Crippen molar-refractivity contribution in [1.82, 2.24) is 34.9 Å². The van der Waals surface area contributed by atoms with Gasteiger partial charge in [-0.15, -0.1) is 10.2 Å². The first-order chi connectivity index (χ1) is 21.8. The lowest BCUT2D eigenvalue weighted by Crippen LogP contribution is -2.42. The number of aromatic nitrogens is 6. The molecule has 0 bridgehead atoms. The van der Waals surface area contributed by atoms with Gasteiger partial charge in [-0.25, -0.2) is 9.36 Å². The molecule has 1 amide bonds. The van der Waals surface area contributed by atoms with Gasteiger partial charge in [0.15, 0.2) is 0 Å². The molecule has 3 unspecified atom stereocenters. The van der Waals surface area contributed by atoms with Gasteiger partial charge >= 0.3 is 0 Å². The number of hydrogen-bond acceptors (Lipinski definition) is 6. The lowest BCUT2D eigenvalue weighted by atomic mass is 9.94. The second-order valence-electron chi connectivity index (χ2n) is 17.0. The van der Waals surface area contributed by atoms with Gasteiger partial charge in [0.2, 0.25) is 5.91 Å². The van der Waals surface area contributed by atoms with Crippen molar-refractivity contribution >= 4 is 5.91 Å². The van der Waals surface area contributed by atoms with E-state index in [-0.39, 0.29) is 28.0 Å². The zero-order valence-corrected chi connectivity index (χ0v) is 33.3. The zero-order valence-electron chi connectivity index (χ0n) is 33.3. The predicted molar refractivity (Wildman–Crippen MR) is 194 cm³/mol. The molecule has 1 saturated carbocycles. The van der Waals surface area contributed by atoms with Crippen molar-refractivity contribution in [2.45, 2.75) is 172 Å². The van der Waals surface area contributed by atoms with E-state index in [1.165, 1.54) is 29.9 Å². The maximum absolute atomic E-state index is 12.4. The minimum Gasteiger partial charge on any atom is -0.376 e. The van der Waals surface area contributed by atoms with Crippen LogP contribution in [-0.2, 0) is 46.3 Å². The van der Waals surface area contributed by atoms with Crippen molar-refractivity contribution in [2.75, 3.05) is 19.7 Å². The molecule has 3 heterocycles. The normalized spacial score (nSPS) is 21.3. The minimum atomic E-state index is -0.314. The molecule has 0 aromatic carbocycles. The van der Waals surface area contributed by atoms with Gasteiger partial charge in [0, 0.05) is 24.9 Å². The zero-order chi connectivity index (χ0) is 36.0. The van der Waals surface area contributed by atoms with Crippen LogP contribution in [0.25, 0.3) is 0 Å². The van der Waals surface area contributed by atoms with Gasteiger partial charge in [0.1, 0.15) is 0 Å². The number of hydrogen-bond donors (Lipinski definition) is 0. The van der Waals surface area contributed by atoms with Crippen LogP contribution in [0.3, 0.4) is 0 Å². The molecule has 1 fully saturated rings. The standard InChI is InChI=1S/C18H31N3O.C16H28N4O.2C2H6/c1-17(2,3)21-16-10-8-13-12(7-9-15(16)19-20-21)14(13)11-22-18(4,5)6;1-15(2,3)14(21)19-10-7-8-13-12(9-11-19)17-18-20(13)16(4,5)6;2*1-2/h12-14H,7-11H2,1-6H3;7-11H2,1-6H3;2*1-2H3. The summed E-state index contributed by atoms with van der Waals surface area (Å²) in [5.41, 5.74) is 4.55. The van der Waals surface area contributed by atoms with E-state index in [0.29, 0.717) is 0 Å². The molecule has 2 aliphatic carbocycles. The van der Waals surface area contributed by atoms with Crippen molar-refractivity contribution in [2.24, 2.45) is 23.2 Å². The highest BCUT2D eigenvalue weighted by Crippen LogP contribution is 2.53. The fourth-order valence-corrected chi connectivity index (χ4v) is 6.68. The monoisotopic (exact) mass is 658 g/mol. The largest absolute Gasteiger partial charge is 0.376 e. The Labute approximate surface area is 288 Å². The van der Waals surface area contributed by atoms with Gasteiger partial charge in [-0.2, -0.15) is 0 Å². The SMILES string of the molecule is CC.CC.CC(C)(C)C(=O)N1CCCc2c(nnn2C(C)(C)C)CC1.CC(C)(C)OCC1C2CCc3nnn(C(C)(C)C)c3CCC21. The summed E-state index contributed by atoms with van der Waals surface area (Å²) in [5.74, 6) is 2.68. The summed E-state index contributed by atoms with van der Waals surface area (Å²) >= 11 is 0. The lowest BCUT2D eigenvalue weighted by Gasteiger charge is -2.31. The second kappa shape index (κ2) is 16.4. The van der Waals surface area contributed by atoms with Crippen LogP contribution in [0.2, 0.25) is 0 Å². The molecule has 3 aliphatic rings. The molecule has 0 spiro atoms. The summed E-state index contributed by atoms with van der Waals surface area (Å²) < 4.78 is 10.2. The first kappa shape index (κ1) is 40.9. The molecule has 3 atom stereocenters. The molecule has 47 heavy (non-hydrogen) atoms. The van der Waals surface area contributed by atoms with E-state index in [1.54, 1.807) is 0 Å². The maximum atomic E-state index is 12.4. The number of carbonyl (C=O) groups excluding carboxylic acids is 1. The van der Waals surface area contributed by atoms with Crippen molar-refractivity contribution in [3.8, 4) is 0 Å². The van der Waals surface area contributed by atoms with Gasteiger partial charge in [0.05, 0.1) is 46.1 Å². The van der Waals surface area contributed by atoms with Crippen LogP contribution in [0.15, 0.2) is 0 Å². The van der Waals surface area contributed by atoms with Crippen LogP contribution in [0.1, 0.15) is 153 Å². The van der Waals surface area contributed by atoms with E-state index in [1.807, 2.05) is 58.0 Å². The van der Waals surface area contributed by atoms with Crippen LogP contribution in [0.4, 0.5) is 0 Å². The van der Waals surface area contributed by atoms with E-state index < -0.39 is 0 Å². The van der Waals surface area contributed by atoms with E-state index >= 15 is 0 Å². The molecular formula is C38H71N7O2. The quantitative estimate of drug-likeness (QED) is 0.325. The number of amides is 1. The summed E-state index contributed by atoms with van der Waals surface area (Å²) in [4.78, 5) is 14.4.